The number of nitrogens with zero attached hydrogens (tertiary/aromatic N) is 5. The first-order valence-corrected chi connectivity index (χ1v) is 35.0. The summed E-state index contributed by atoms with van der Waals surface area (Å²) < 4.78 is 28.7. The Morgan fingerprint density at radius 1 is 0.267 bits per heavy atom. The molecular formula is C94H63BrN6O4. The summed E-state index contributed by atoms with van der Waals surface area (Å²) in [4.78, 5) is 23.6. The van der Waals surface area contributed by atoms with Crippen molar-refractivity contribution < 1.29 is 17.7 Å². The highest BCUT2D eigenvalue weighted by molar-refractivity contribution is 9.10. The number of fused-ring (bicyclic) bond motifs is 20. The number of aromatic amines is 1. The number of aromatic nitrogens is 6. The molecule has 0 spiro atoms. The van der Waals surface area contributed by atoms with Gasteiger partial charge >= 0.3 is 0 Å². The minimum absolute atomic E-state index is 0. The fraction of sp³-hybridized carbons (Fsp3) is 0.0213. The lowest BCUT2D eigenvalue weighted by Crippen LogP contribution is -1.98. The van der Waals surface area contributed by atoms with E-state index in [1.807, 2.05) is 133 Å². The number of H-pyrrole nitrogens is 1. The third kappa shape index (κ3) is 10.9. The minimum Gasteiger partial charge on any atom is -0.455 e. The molecule has 14 aromatic carbocycles. The Morgan fingerprint density at radius 2 is 0.667 bits per heavy atom. The minimum atomic E-state index is 0. The smallest absolute Gasteiger partial charge is 0.160 e. The first kappa shape index (κ1) is 63.7. The van der Waals surface area contributed by atoms with E-state index >= 15 is 0 Å². The van der Waals surface area contributed by atoms with Crippen molar-refractivity contribution in [3.05, 3.63) is 332 Å². The average Bonchev–Trinajstić information content (AvgIpc) is 1.58. The molecule has 22 rings (SSSR count). The Labute approximate surface area is 610 Å². The van der Waals surface area contributed by atoms with Crippen LogP contribution in [0.3, 0.4) is 0 Å². The van der Waals surface area contributed by atoms with Gasteiger partial charge in [0.05, 0.1) is 50.1 Å². The zero-order chi connectivity index (χ0) is 68.1. The molecule has 1 N–H and O–H groups in total. The van der Waals surface area contributed by atoms with Crippen LogP contribution in [0.15, 0.2) is 350 Å². The highest BCUT2D eigenvalue weighted by atomic mass is 79.9. The molecule has 0 unspecified atom stereocenters. The summed E-state index contributed by atoms with van der Waals surface area (Å²) in [5.41, 5.74) is 21.8. The molecule has 500 valence electrons. The summed E-state index contributed by atoms with van der Waals surface area (Å²) >= 11 is 3.58. The number of para-hydroxylation sites is 8. The molecule has 105 heavy (non-hydrogen) atoms. The molecule has 0 aliphatic carbocycles. The van der Waals surface area contributed by atoms with Gasteiger partial charge in [-0.15, -0.1) is 0 Å². The summed E-state index contributed by atoms with van der Waals surface area (Å²) in [6.07, 6.45) is 0. The second-order valence-corrected chi connectivity index (χ2v) is 26.6. The topological polar surface area (TPSA) is 125 Å². The van der Waals surface area contributed by atoms with Gasteiger partial charge in [0, 0.05) is 103 Å². The van der Waals surface area contributed by atoms with E-state index in [1.165, 1.54) is 21.5 Å². The van der Waals surface area contributed by atoms with Crippen LogP contribution in [-0.4, -0.2) is 29.5 Å². The molecular weight excluding hydrogens is 1360 g/mol. The van der Waals surface area contributed by atoms with Crippen LogP contribution in [0.4, 0.5) is 0 Å². The number of rotatable bonds is 7. The zero-order valence-electron chi connectivity index (χ0n) is 54.9. The number of nitrogens with one attached hydrogen (secondary N) is 1. The van der Waals surface area contributed by atoms with Crippen LogP contribution in [-0.2, 0) is 0 Å². The Hall–Kier alpha value is -13.5. The van der Waals surface area contributed by atoms with Crippen molar-refractivity contribution in [2.24, 2.45) is 0 Å². The predicted molar refractivity (Wildman–Crippen MR) is 437 cm³/mol. The van der Waals surface area contributed by atoms with Crippen LogP contribution < -0.4 is 0 Å². The Kier molecular flexibility index (Phi) is 15.9. The summed E-state index contributed by atoms with van der Waals surface area (Å²) in [5, 5.41) is 13.6. The van der Waals surface area contributed by atoms with Crippen LogP contribution in [0.25, 0.3) is 205 Å². The standard InChI is InChI=1S/C46H27N3O2.C28H17BrN2O.C18H11NO.2CH4/c1-2-12-28(13-3-1)46-47-37(27-38(48-46)35-20-11-19-33-31-16-5-8-22-41(31)50-44(33)35)29-14-10-15-30(26-29)49-39-21-7-4-18-36(39)43-40(49)25-24-34-32-17-6-9-23-42(32)51-45(34)43;29-20-11-6-10-19(16-20)24-17-25(31-28(30-24)18-8-2-1-3-9-18)23-14-7-13-22-21-12-4-5-15-26(21)32-27(22)23;1-3-7-14-13(6-1)17-15(19-14)10-9-12-11-5-2-4-8-16(11)20-18(12)17;;/h1-27H;1-17H;1-10,19H;2*1H4. The largest absolute Gasteiger partial charge is 0.455 e. The Morgan fingerprint density at radius 3 is 1.21 bits per heavy atom. The van der Waals surface area contributed by atoms with Crippen molar-refractivity contribution in [3.63, 3.8) is 0 Å². The number of furan rings is 4. The van der Waals surface area contributed by atoms with Crippen molar-refractivity contribution in [1.82, 2.24) is 29.5 Å². The maximum absolute atomic E-state index is 6.54. The second kappa shape index (κ2) is 26.2. The molecule has 0 saturated carbocycles. The SMILES string of the molecule is Brc1cccc(-c2cc(-c3cccc4c3oc3ccccc34)nc(-c3ccccc3)n2)c1.C.C.c1ccc(-c2nc(-c3cccc(-n4c5ccccc5c5c6oc7ccccc7c6ccc54)c3)cc(-c3cccc4c3oc3ccccc34)n2)cc1.c1ccc2c(c1)[nH]c1ccc3c4ccccc4oc3c12. The molecule has 0 aliphatic rings. The zero-order valence-corrected chi connectivity index (χ0v) is 56.5. The number of halogens is 1. The molecule has 0 atom stereocenters. The monoisotopic (exact) mass is 1420 g/mol. The fourth-order valence-corrected chi connectivity index (χ4v) is 15.3. The van der Waals surface area contributed by atoms with E-state index in [2.05, 4.69) is 220 Å². The van der Waals surface area contributed by atoms with Crippen LogP contribution in [0.5, 0.6) is 0 Å². The normalized spacial score (nSPS) is 11.5. The van der Waals surface area contributed by atoms with Gasteiger partial charge in [-0.3, -0.25) is 0 Å². The third-order valence-electron chi connectivity index (χ3n) is 19.6. The van der Waals surface area contributed by atoms with Crippen molar-refractivity contribution in [1.29, 1.82) is 0 Å². The van der Waals surface area contributed by atoms with Crippen molar-refractivity contribution >= 4 is 147 Å². The van der Waals surface area contributed by atoms with E-state index in [0.29, 0.717) is 11.6 Å². The van der Waals surface area contributed by atoms with Gasteiger partial charge in [-0.05, 0) is 109 Å². The first-order valence-electron chi connectivity index (χ1n) is 34.2. The van der Waals surface area contributed by atoms with E-state index in [4.69, 9.17) is 37.6 Å². The van der Waals surface area contributed by atoms with Crippen LogP contribution >= 0.6 is 15.9 Å². The second-order valence-electron chi connectivity index (χ2n) is 25.7. The lowest BCUT2D eigenvalue weighted by Gasteiger charge is -2.12. The molecule has 0 bridgehead atoms. The lowest BCUT2D eigenvalue weighted by molar-refractivity contribution is 0.669. The van der Waals surface area contributed by atoms with E-state index in [9.17, 15) is 0 Å². The predicted octanol–water partition coefficient (Wildman–Crippen LogP) is 27.0. The molecule has 10 nitrogen and oxygen atoms in total. The molecule has 0 aliphatic heterocycles. The molecule has 0 radical (unpaired) electrons. The molecule has 11 heteroatoms. The van der Waals surface area contributed by atoms with Gasteiger partial charge in [0.25, 0.3) is 0 Å². The van der Waals surface area contributed by atoms with Gasteiger partial charge in [0.2, 0.25) is 0 Å². The number of benzene rings is 14. The summed E-state index contributed by atoms with van der Waals surface area (Å²) in [6.45, 7) is 0. The maximum atomic E-state index is 6.54. The van der Waals surface area contributed by atoms with Crippen molar-refractivity contribution in [2.75, 3.05) is 0 Å². The number of hydrogen-bond acceptors (Lipinski definition) is 8. The van der Waals surface area contributed by atoms with Gasteiger partial charge in [-0.1, -0.05) is 249 Å². The maximum Gasteiger partial charge on any atom is 0.160 e. The van der Waals surface area contributed by atoms with Crippen molar-refractivity contribution in [3.8, 4) is 73.5 Å². The lowest BCUT2D eigenvalue weighted by atomic mass is 10.0. The van der Waals surface area contributed by atoms with Crippen LogP contribution in [0, 0.1) is 0 Å². The summed E-state index contributed by atoms with van der Waals surface area (Å²) in [7, 11) is 0. The molecule has 8 aromatic heterocycles. The fourth-order valence-electron chi connectivity index (χ4n) is 14.9. The van der Waals surface area contributed by atoms with Gasteiger partial charge in [0.15, 0.2) is 11.6 Å². The van der Waals surface area contributed by atoms with E-state index < -0.39 is 0 Å². The molecule has 0 saturated heterocycles. The molecule has 0 amide bonds. The molecule has 22 aromatic rings. The Balaban J connectivity index is 0.000000123. The van der Waals surface area contributed by atoms with Gasteiger partial charge in [0.1, 0.15) is 44.7 Å². The van der Waals surface area contributed by atoms with Crippen LogP contribution in [0.2, 0.25) is 0 Å². The third-order valence-corrected chi connectivity index (χ3v) is 20.1. The van der Waals surface area contributed by atoms with E-state index in [-0.39, 0.29) is 14.9 Å². The first-order chi connectivity index (χ1) is 51.0. The van der Waals surface area contributed by atoms with Gasteiger partial charge in [-0.25, -0.2) is 19.9 Å². The number of hydrogen-bond donors (Lipinski definition) is 1. The molecule has 0 fully saturated rings. The highest BCUT2D eigenvalue weighted by Gasteiger charge is 2.23. The highest BCUT2D eigenvalue weighted by Crippen LogP contribution is 2.44. The van der Waals surface area contributed by atoms with Gasteiger partial charge < -0.3 is 27.2 Å². The Bertz CT molecular complexity index is 7100. The van der Waals surface area contributed by atoms with Gasteiger partial charge in [-0.2, -0.15) is 0 Å². The van der Waals surface area contributed by atoms with E-state index in [1.54, 1.807) is 0 Å². The van der Waals surface area contributed by atoms with E-state index in [0.717, 1.165) is 176 Å². The van der Waals surface area contributed by atoms with Crippen LogP contribution in [0.1, 0.15) is 14.9 Å². The summed E-state index contributed by atoms with van der Waals surface area (Å²) in [6, 6.07) is 112. The van der Waals surface area contributed by atoms with Crippen molar-refractivity contribution in [2.45, 2.75) is 14.9 Å². The quantitative estimate of drug-likeness (QED) is 0.167. The molecule has 8 heterocycles. The summed E-state index contributed by atoms with van der Waals surface area (Å²) in [5.74, 6) is 1.34. The average molecular weight is 1420 g/mol.